The fraction of sp³-hybridized carbons (Fsp3) is 0.667. The number of likely N-dealkylation sites (N-methyl/N-ethyl adjacent to an activating group) is 1. The van der Waals surface area contributed by atoms with Crippen LogP contribution < -0.4 is 5.11 Å². The summed E-state index contributed by atoms with van der Waals surface area (Å²) in [5.74, 6) is -1.08. The molecule has 4 heteroatoms. The van der Waals surface area contributed by atoms with Crippen LogP contribution in [0.1, 0.15) is 0 Å². The van der Waals surface area contributed by atoms with Crippen molar-refractivity contribution in [2.45, 2.75) is 0 Å². The number of nitrogens with zero attached hydrogens (tertiary/aromatic N) is 1. The highest BCUT2D eigenvalue weighted by atomic mass is 79.9. The summed E-state index contributed by atoms with van der Waals surface area (Å²) in [5, 5.41) is 9.63. The molecule has 0 rings (SSSR count). The summed E-state index contributed by atoms with van der Waals surface area (Å²) in [6.07, 6.45) is 0. The van der Waals surface area contributed by atoms with Gasteiger partial charge in [-0.25, -0.2) is 3.93 Å². The first kappa shape index (κ1) is 6.91. The highest BCUT2D eigenvalue weighted by Gasteiger charge is 1.87. The van der Waals surface area contributed by atoms with E-state index < -0.39 is 5.97 Å². The van der Waals surface area contributed by atoms with Crippen LogP contribution in [-0.2, 0) is 4.79 Å². The Morgan fingerprint density at radius 1 is 2.00 bits per heavy atom. The summed E-state index contributed by atoms with van der Waals surface area (Å²) in [6, 6.07) is 0. The number of carboxylic acid groups (broad SMARTS) is 1. The van der Waals surface area contributed by atoms with Crippen LogP contribution in [0, 0.1) is 0 Å². The van der Waals surface area contributed by atoms with Gasteiger partial charge in [0, 0.05) is 22.7 Å². The van der Waals surface area contributed by atoms with Crippen molar-refractivity contribution < 1.29 is 9.90 Å². The fourth-order valence-corrected chi connectivity index (χ4v) is 0.383. The van der Waals surface area contributed by atoms with Gasteiger partial charge in [-0.1, -0.05) is 0 Å². The number of halogens is 1. The van der Waals surface area contributed by atoms with E-state index >= 15 is 0 Å². The van der Waals surface area contributed by atoms with Gasteiger partial charge in [-0.05, 0) is 7.05 Å². The van der Waals surface area contributed by atoms with Gasteiger partial charge in [-0.3, -0.25) is 0 Å². The molecule has 0 N–H and O–H groups in total. The van der Waals surface area contributed by atoms with Crippen molar-refractivity contribution in [2.24, 2.45) is 0 Å². The largest absolute Gasteiger partial charge is 0.549 e. The number of carbonyl (C=O) groups is 1. The van der Waals surface area contributed by atoms with Gasteiger partial charge < -0.3 is 9.90 Å². The minimum absolute atomic E-state index is 0.0833. The molecule has 7 heavy (non-hydrogen) atoms. The molecule has 0 radical (unpaired) electrons. The van der Waals surface area contributed by atoms with E-state index in [-0.39, 0.29) is 6.54 Å². The molecule has 0 saturated carbocycles. The summed E-state index contributed by atoms with van der Waals surface area (Å²) < 4.78 is 1.35. The van der Waals surface area contributed by atoms with E-state index in [2.05, 4.69) is 16.1 Å². The van der Waals surface area contributed by atoms with Crippen LogP contribution in [0.15, 0.2) is 0 Å². The molecule has 0 heterocycles. The smallest absolute Gasteiger partial charge is 0.0564 e. The van der Waals surface area contributed by atoms with E-state index in [0.717, 1.165) is 0 Å². The predicted octanol–water partition coefficient (Wildman–Crippen LogP) is -1.02. The SMILES string of the molecule is CN(Br)CC(=O)[O-]. The molecule has 0 unspecified atom stereocenters. The molecule has 0 aromatic rings. The number of rotatable bonds is 2. The lowest BCUT2D eigenvalue weighted by Crippen LogP contribution is -2.31. The van der Waals surface area contributed by atoms with Gasteiger partial charge in [-0.2, -0.15) is 0 Å². The maximum absolute atomic E-state index is 9.63. The average molecular weight is 167 g/mol. The topological polar surface area (TPSA) is 43.4 Å². The number of hydrogen-bond acceptors (Lipinski definition) is 3. The molecular weight excluding hydrogens is 162 g/mol. The fourth-order valence-electron chi connectivity index (χ4n) is 0.178. The summed E-state index contributed by atoms with van der Waals surface area (Å²) in [4.78, 5) is 9.63. The summed E-state index contributed by atoms with van der Waals surface area (Å²) in [5.41, 5.74) is 0. The first-order valence-electron chi connectivity index (χ1n) is 1.69. The summed E-state index contributed by atoms with van der Waals surface area (Å²) >= 11 is 2.89. The normalized spacial score (nSPS) is 9.57. The van der Waals surface area contributed by atoms with E-state index in [0.29, 0.717) is 0 Å². The molecule has 0 aliphatic rings. The first-order chi connectivity index (χ1) is 3.13. The molecule has 0 spiro atoms. The van der Waals surface area contributed by atoms with Crippen molar-refractivity contribution in [2.75, 3.05) is 13.6 Å². The molecule has 0 aromatic carbocycles. The van der Waals surface area contributed by atoms with Crippen molar-refractivity contribution in [3.05, 3.63) is 0 Å². The molecule has 3 nitrogen and oxygen atoms in total. The lowest BCUT2D eigenvalue weighted by atomic mass is 10.7. The molecule has 0 bridgehead atoms. The second-order valence-electron chi connectivity index (χ2n) is 1.13. The molecule has 0 aliphatic carbocycles. The quantitative estimate of drug-likeness (QED) is 0.494. The van der Waals surface area contributed by atoms with Crippen LogP contribution in [0.25, 0.3) is 0 Å². The molecule has 0 saturated heterocycles. The number of carboxylic acids is 1. The van der Waals surface area contributed by atoms with Crippen molar-refractivity contribution in [1.29, 1.82) is 0 Å². The summed E-state index contributed by atoms with van der Waals surface area (Å²) in [7, 11) is 1.59. The van der Waals surface area contributed by atoms with Crippen LogP contribution in [0.3, 0.4) is 0 Å². The van der Waals surface area contributed by atoms with E-state index in [1.807, 2.05) is 0 Å². The van der Waals surface area contributed by atoms with Crippen LogP contribution in [-0.4, -0.2) is 23.5 Å². The van der Waals surface area contributed by atoms with Gasteiger partial charge >= 0.3 is 0 Å². The van der Waals surface area contributed by atoms with E-state index in [1.54, 1.807) is 7.05 Å². The van der Waals surface area contributed by atoms with Gasteiger partial charge in [-0.15, -0.1) is 0 Å². The van der Waals surface area contributed by atoms with Crippen molar-refractivity contribution >= 4 is 22.1 Å². The Labute approximate surface area is 50.3 Å². The van der Waals surface area contributed by atoms with Crippen molar-refractivity contribution in [3.8, 4) is 0 Å². The zero-order chi connectivity index (χ0) is 5.86. The highest BCUT2D eigenvalue weighted by molar-refractivity contribution is 9.07. The van der Waals surface area contributed by atoms with Crippen LogP contribution in [0.2, 0.25) is 0 Å². The number of hydrogen-bond donors (Lipinski definition) is 0. The highest BCUT2D eigenvalue weighted by Crippen LogP contribution is 1.86. The van der Waals surface area contributed by atoms with Crippen LogP contribution in [0.5, 0.6) is 0 Å². The second kappa shape index (κ2) is 2.98. The Bertz CT molecular complexity index is 73.3. The molecule has 0 atom stereocenters. The summed E-state index contributed by atoms with van der Waals surface area (Å²) in [6.45, 7) is -0.0833. The molecule has 0 aromatic heterocycles. The third-order valence-corrected chi connectivity index (χ3v) is 0.598. The minimum Gasteiger partial charge on any atom is -0.549 e. The van der Waals surface area contributed by atoms with E-state index in [1.165, 1.54) is 3.93 Å². The molecule has 0 fully saturated rings. The Morgan fingerprint density at radius 3 is 2.43 bits per heavy atom. The van der Waals surface area contributed by atoms with Crippen LogP contribution >= 0.6 is 16.1 Å². The Morgan fingerprint density at radius 2 is 2.43 bits per heavy atom. The molecule has 0 amide bonds. The van der Waals surface area contributed by atoms with Gasteiger partial charge in [0.2, 0.25) is 0 Å². The molecular formula is C3H5BrNO2-. The monoisotopic (exact) mass is 166 g/mol. The Hall–Kier alpha value is -0.0900. The van der Waals surface area contributed by atoms with E-state index in [9.17, 15) is 9.90 Å². The van der Waals surface area contributed by atoms with Gasteiger partial charge in [0.25, 0.3) is 0 Å². The second-order valence-corrected chi connectivity index (χ2v) is 2.35. The van der Waals surface area contributed by atoms with Gasteiger partial charge in [0.15, 0.2) is 0 Å². The standard InChI is InChI=1S/C3H6BrNO2/c1-5(4)2-3(6)7/h2H2,1H3,(H,6,7)/p-1. The third-order valence-electron chi connectivity index (χ3n) is 0.347. The zero-order valence-corrected chi connectivity index (χ0v) is 5.43. The number of aliphatic carboxylic acids is 1. The van der Waals surface area contributed by atoms with Gasteiger partial charge in [0.05, 0.1) is 5.97 Å². The number of carbonyl (C=O) groups excluding carboxylic acids is 1. The van der Waals surface area contributed by atoms with Crippen LogP contribution in [0.4, 0.5) is 0 Å². The molecule has 0 aliphatic heterocycles. The lowest BCUT2D eigenvalue weighted by molar-refractivity contribution is -0.305. The lowest BCUT2D eigenvalue weighted by Gasteiger charge is -2.05. The molecule has 42 valence electrons. The van der Waals surface area contributed by atoms with Crippen molar-refractivity contribution in [1.82, 2.24) is 3.93 Å². The Balaban J connectivity index is 3.13. The maximum atomic E-state index is 9.63. The predicted molar refractivity (Wildman–Crippen MR) is 26.6 cm³/mol. The minimum atomic E-state index is -1.08. The van der Waals surface area contributed by atoms with E-state index in [4.69, 9.17) is 0 Å². The third kappa shape index (κ3) is 5.91. The zero-order valence-electron chi connectivity index (χ0n) is 3.85. The first-order valence-corrected chi connectivity index (χ1v) is 2.40. The Kier molecular flexibility index (Phi) is 2.95. The maximum Gasteiger partial charge on any atom is 0.0564 e. The average Bonchev–Trinajstić information content (AvgIpc) is 1.27. The van der Waals surface area contributed by atoms with Crippen molar-refractivity contribution in [3.63, 3.8) is 0 Å². The van der Waals surface area contributed by atoms with Gasteiger partial charge in [0.1, 0.15) is 0 Å².